The van der Waals surface area contributed by atoms with E-state index in [1.807, 2.05) is 19.2 Å². The Bertz CT molecular complexity index is 634. The zero-order valence-electron chi connectivity index (χ0n) is 12.8. The molecule has 0 fully saturated rings. The number of aromatic nitrogens is 1. The van der Waals surface area contributed by atoms with Crippen LogP contribution in [0.25, 0.3) is 11.1 Å². The van der Waals surface area contributed by atoms with E-state index < -0.39 is 0 Å². The molecule has 0 radical (unpaired) electrons. The first-order valence-corrected chi connectivity index (χ1v) is 7.22. The number of methoxy groups -OCH3 is 1. The lowest BCUT2D eigenvalue weighted by Gasteiger charge is -2.28. The lowest BCUT2D eigenvalue weighted by atomic mass is 9.90. The first-order chi connectivity index (χ1) is 10.3. The van der Waals surface area contributed by atoms with E-state index in [0.29, 0.717) is 5.88 Å². The fourth-order valence-corrected chi connectivity index (χ4v) is 2.89. The molecule has 1 aromatic carbocycles. The predicted octanol–water partition coefficient (Wildman–Crippen LogP) is 3.01. The highest BCUT2D eigenvalue weighted by atomic mass is 35.5. The Hall–Kier alpha value is -1.62. The highest BCUT2D eigenvalue weighted by Gasteiger charge is 2.22. The molecule has 1 aromatic heterocycles. The van der Waals surface area contributed by atoms with Gasteiger partial charge < -0.3 is 14.8 Å². The lowest BCUT2D eigenvalue weighted by molar-refractivity contribution is 0.0440. The molecular formula is C17H21ClN2O2. The Labute approximate surface area is 137 Å². The molecule has 0 aliphatic carbocycles. The zero-order chi connectivity index (χ0) is 14.7. The standard InChI is InChI=1S/C17H20N2O2.ClH/c1-18-11-16-15-5-3-4-13(14(15)7-9-21-16)12-6-8-19-17(10-12)20-2;/h3-6,8,10,16,18H,7,9,11H2,1-2H3;1H/t16-;/m0./s1. The first-order valence-electron chi connectivity index (χ1n) is 7.22. The third-order valence-electron chi connectivity index (χ3n) is 3.87. The summed E-state index contributed by atoms with van der Waals surface area (Å²) < 4.78 is 11.1. The summed E-state index contributed by atoms with van der Waals surface area (Å²) in [4.78, 5) is 4.18. The normalized spacial score (nSPS) is 16.5. The van der Waals surface area contributed by atoms with E-state index in [1.165, 1.54) is 16.7 Å². The van der Waals surface area contributed by atoms with Gasteiger partial charge in [-0.25, -0.2) is 4.98 Å². The molecule has 2 heterocycles. The van der Waals surface area contributed by atoms with Gasteiger partial charge in [0, 0.05) is 18.8 Å². The molecule has 1 atom stereocenters. The van der Waals surface area contributed by atoms with Gasteiger partial charge >= 0.3 is 0 Å². The van der Waals surface area contributed by atoms with E-state index >= 15 is 0 Å². The van der Waals surface area contributed by atoms with Gasteiger partial charge in [-0.3, -0.25) is 0 Å². The van der Waals surface area contributed by atoms with Crippen molar-refractivity contribution in [3.63, 3.8) is 0 Å². The first kappa shape index (κ1) is 16.7. The Balaban J connectivity index is 0.00000176. The van der Waals surface area contributed by atoms with Crippen LogP contribution in [0.15, 0.2) is 36.5 Å². The third kappa shape index (κ3) is 3.24. The fourth-order valence-electron chi connectivity index (χ4n) is 2.89. The quantitative estimate of drug-likeness (QED) is 0.940. The van der Waals surface area contributed by atoms with Crippen molar-refractivity contribution in [3.8, 4) is 17.0 Å². The van der Waals surface area contributed by atoms with Gasteiger partial charge in [0.05, 0.1) is 19.8 Å². The topological polar surface area (TPSA) is 43.4 Å². The van der Waals surface area contributed by atoms with Crippen LogP contribution in [0.1, 0.15) is 17.2 Å². The van der Waals surface area contributed by atoms with Crippen LogP contribution in [0, 0.1) is 0 Å². The van der Waals surface area contributed by atoms with Crippen molar-refractivity contribution in [1.82, 2.24) is 10.3 Å². The van der Waals surface area contributed by atoms with E-state index in [0.717, 1.165) is 25.1 Å². The van der Waals surface area contributed by atoms with Crippen molar-refractivity contribution in [1.29, 1.82) is 0 Å². The molecule has 1 aliphatic rings. The van der Waals surface area contributed by atoms with Crippen molar-refractivity contribution in [2.24, 2.45) is 0 Å². The molecule has 0 saturated carbocycles. The number of likely N-dealkylation sites (N-methyl/N-ethyl adjacent to an activating group) is 1. The minimum absolute atomic E-state index is 0. The van der Waals surface area contributed by atoms with E-state index in [1.54, 1.807) is 13.3 Å². The highest BCUT2D eigenvalue weighted by molar-refractivity contribution is 5.85. The number of hydrogen-bond acceptors (Lipinski definition) is 4. The van der Waals surface area contributed by atoms with Crippen molar-refractivity contribution >= 4 is 12.4 Å². The summed E-state index contributed by atoms with van der Waals surface area (Å²) in [7, 11) is 3.60. The number of halogens is 1. The Kier molecular flexibility index (Phi) is 5.77. The average Bonchev–Trinajstić information content (AvgIpc) is 2.55. The van der Waals surface area contributed by atoms with Crippen LogP contribution in [0.4, 0.5) is 0 Å². The predicted molar refractivity (Wildman–Crippen MR) is 89.8 cm³/mol. The Morgan fingerprint density at radius 3 is 3.00 bits per heavy atom. The summed E-state index contributed by atoms with van der Waals surface area (Å²) in [5.74, 6) is 0.643. The number of hydrogen-bond donors (Lipinski definition) is 1. The number of nitrogens with zero attached hydrogens (tertiary/aromatic N) is 1. The molecule has 0 bridgehead atoms. The molecule has 0 unspecified atom stereocenters. The summed E-state index contributed by atoms with van der Waals surface area (Å²) in [5.41, 5.74) is 5.04. The molecule has 0 saturated heterocycles. The van der Waals surface area contributed by atoms with Crippen molar-refractivity contribution in [3.05, 3.63) is 47.7 Å². The molecule has 118 valence electrons. The molecule has 1 N–H and O–H groups in total. The molecule has 3 rings (SSSR count). The van der Waals surface area contributed by atoms with E-state index in [-0.39, 0.29) is 18.5 Å². The largest absolute Gasteiger partial charge is 0.481 e. The zero-order valence-corrected chi connectivity index (χ0v) is 13.7. The smallest absolute Gasteiger partial charge is 0.213 e. The molecule has 2 aromatic rings. The second-order valence-corrected chi connectivity index (χ2v) is 5.13. The van der Waals surface area contributed by atoms with Gasteiger partial charge in [0.25, 0.3) is 0 Å². The summed E-state index contributed by atoms with van der Waals surface area (Å²) in [6, 6.07) is 10.4. The monoisotopic (exact) mass is 320 g/mol. The second kappa shape index (κ2) is 7.58. The highest BCUT2D eigenvalue weighted by Crippen LogP contribution is 2.34. The molecule has 1 aliphatic heterocycles. The van der Waals surface area contributed by atoms with Crippen LogP contribution in [-0.4, -0.2) is 32.3 Å². The Morgan fingerprint density at radius 1 is 1.36 bits per heavy atom. The van der Waals surface area contributed by atoms with Gasteiger partial charge in [0.15, 0.2) is 0 Å². The van der Waals surface area contributed by atoms with Crippen LogP contribution < -0.4 is 10.1 Å². The fraction of sp³-hybridized carbons (Fsp3) is 0.353. The lowest BCUT2D eigenvalue weighted by Crippen LogP contribution is -2.25. The average molecular weight is 321 g/mol. The molecule has 0 amide bonds. The van der Waals surface area contributed by atoms with Gasteiger partial charge in [-0.05, 0) is 41.8 Å². The molecule has 4 nitrogen and oxygen atoms in total. The Morgan fingerprint density at radius 2 is 2.23 bits per heavy atom. The summed E-state index contributed by atoms with van der Waals surface area (Å²) >= 11 is 0. The molecule has 0 spiro atoms. The van der Waals surface area contributed by atoms with Gasteiger partial charge in [0.1, 0.15) is 0 Å². The summed E-state index contributed by atoms with van der Waals surface area (Å²) in [6.45, 7) is 1.59. The molecule has 22 heavy (non-hydrogen) atoms. The molecular weight excluding hydrogens is 300 g/mol. The minimum atomic E-state index is 0. The van der Waals surface area contributed by atoms with Gasteiger partial charge in [-0.1, -0.05) is 18.2 Å². The van der Waals surface area contributed by atoms with Crippen LogP contribution in [0.3, 0.4) is 0 Å². The third-order valence-corrected chi connectivity index (χ3v) is 3.87. The van der Waals surface area contributed by atoms with Gasteiger partial charge in [0.2, 0.25) is 5.88 Å². The van der Waals surface area contributed by atoms with Crippen molar-refractivity contribution in [2.45, 2.75) is 12.5 Å². The number of benzene rings is 1. The van der Waals surface area contributed by atoms with E-state index in [4.69, 9.17) is 9.47 Å². The number of nitrogens with one attached hydrogen (secondary N) is 1. The number of pyridine rings is 1. The molecule has 5 heteroatoms. The van der Waals surface area contributed by atoms with Crippen LogP contribution in [0.2, 0.25) is 0 Å². The minimum Gasteiger partial charge on any atom is -0.481 e. The van der Waals surface area contributed by atoms with Gasteiger partial charge in [-0.15, -0.1) is 12.4 Å². The second-order valence-electron chi connectivity index (χ2n) is 5.13. The van der Waals surface area contributed by atoms with E-state index in [9.17, 15) is 0 Å². The van der Waals surface area contributed by atoms with Crippen LogP contribution >= 0.6 is 12.4 Å². The summed E-state index contributed by atoms with van der Waals surface area (Å²) in [5, 5.41) is 3.20. The van der Waals surface area contributed by atoms with E-state index in [2.05, 4.69) is 28.5 Å². The SMILES string of the molecule is CNC[C@@H]1OCCc2c(-c3ccnc(OC)c3)cccc21.Cl. The number of rotatable bonds is 4. The summed E-state index contributed by atoms with van der Waals surface area (Å²) in [6.07, 6.45) is 2.86. The van der Waals surface area contributed by atoms with Crippen molar-refractivity contribution < 1.29 is 9.47 Å². The maximum atomic E-state index is 5.88. The van der Waals surface area contributed by atoms with Crippen LogP contribution in [0.5, 0.6) is 5.88 Å². The van der Waals surface area contributed by atoms with Crippen LogP contribution in [-0.2, 0) is 11.2 Å². The maximum Gasteiger partial charge on any atom is 0.213 e. The number of fused-ring (bicyclic) bond motifs is 1. The van der Waals surface area contributed by atoms with Crippen molar-refractivity contribution in [2.75, 3.05) is 27.3 Å². The van der Waals surface area contributed by atoms with Gasteiger partial charge in [-0.2, -0.15) is 0 Å². The maximum absolute atomic E-state index is 5.88. The number of ether oxygens (including phenoxy) is 2.